The van der Waals surface area contributed by atoms with Crippen LogP contribution in [0.5, 0.6) is 0 Å². The quantitative estimate of drug-likeness (QED) is 0.643. The number of aryl methyl sites for hydroxylation is 1. The van der Waals surface area contributed by atoms with Gasteiger partial charge in [0.1, 0.15) is 5.82 Å². The van der Waals surface area contributed by atoms with Crippen LogP contribution < -0.4 is 5.32 Å². The van der Waals surface area contributed by atoms with E-state index in [1.807, 2.05) is 18.2 Å². The first-order chi connectivity index (χ1) is 13.0. The third-order valence-electron chi connectivity index (χ3n) is 4.65. The molecule has 140 valence electrons. The lowest BCUT2D eigenvalue weighted by atomic mass is 9.87. The number of amides is 1. The molecule has 1 aliphatic rings. The van der Waals surface area contributed by atoms with Crippen LogP contribution in [0.15, 0.2) is 54.6 Å². The number of hydrogen-bond donors (Lipinski definition) is 1. The first-order valence-corrected chi connectivity index (χ1v) is 9.06. The fraction of sp³-hybridized carbons (Fsp3) is 0.273. The molecule has 0 fully saturated rings. The zero-order valence-electron chi connectivity index (χ0n) is 15.2. The molecule has 5 heteroatoms. The summed E-state index contributed by atoms with van der Waals surface area (Å²) in [5.74, 6) is -1.46. The van der Waals surface area contributed by atoms with Gasteiger partial charge in [-0.1, -0.05) is 42.5 Å². The van der Waals surface area contributed by atoms with Gasteiger partial charge in [-0.3, -0.25) is 4.79 Å². The molecule has 0 aliphatic heterocycles. The number of rotatable bonds is 5. The van der Waals surface area contributed by atoms with Gasteiger partial charge in [0, 0.05) is 11.6 Å². The minimum atomic E-state index is -0.933. The summed E-state index contributed by atoms with van der Waals surface area (Å²) in [5.41, 5.74) is 2.65. The van der Waals surface area contributed by atoms with Crippen molar-refractivity contribution in [2.45, 2.75) is 38.3 Å². The van der Waals surface area contributed by atoms with Gasteiger partial charge in [0.2, 0.25) is 0 Å². The fourth-order valence-electron chi connectivity index (χ4n) is 3.23. The highest BCUT2D eigenvalue weighted by Crippen LogP contribution is 2.29. The second-order valence-electron chi connectivity index (χ2n) is 6.59. The van der Waals surface area contributed by atoms with Crippen LogP contribution in [0.3, 0.4) is 0 Å². The maximum atomic E-state index is 13.5. The summed E-state index contributed by atoms with van der Waals surface area (Å²) < 4.78 is 18.7. The van der Waals surface area contributed by atoms with Gasteiger partial charge in [0.05, 0.1) is 6.04 Å². The molecule has 0 saturated heterocycles. The predicted octanol–water partition coefficient (Wildman–Crippen LogP) is 3.96. The number of halogens is 1. The minimum Gasteiger partial charge on any atom is -0.449 e. The SMILES string of the molecule is C[C@H](OC(=O)/C=C/c1ccccc1F)C(=O)N[C@@H]1CCCc2ccccc21. The van der Waals surface area contributed by atoms with E-state index in [9.17, 15) is 14.0 Å². The molecule has 0 radical (unpaired) electrons. The van der Waals surface area contributed by atoms with Crippen molar-refractivity contribution < 1.29 is 18.7 Å². The number of ether oxygens (including phenoxy) is 1. The second kappa shape index (κ2) is 8.62. The van der Waals surface area contributed by atoms with E-state index in [2.05, 4.69) is 11.4 Å². The number of benzene rings is 2. The minimum absolute atomic E-state index is 0.0717. The lowest BCUT2D eigenvalue weighted by molar-refractivity contribution is -0.150. The molecular formula is C22H22FNO3. The van der Waals surface area contributed by atoms with Crippen LogP contribution in [0.25, 0.3) is 6.08 Å². The number of nitrogens with one attached hydrogen (secondary N) is 1. The molecule has 0 bridgehead atoms. The molecule has 0 unspecified atom stereocenters. The number of hydrogen-bond acceptors (Lipinski definition) is 3. The number of fused-ring (bicyclic) bond motifs is 1. The molecule has 0 heterocycles. The summed E-state index contributed by atoms with van der Waals surface area (Å²) in [6.07, 6.45) is 4.39. The van der Waals surface area contributed by atoms with Crippen LogP contribution in [0.2, 0.25) is 0 Å². The van der Waals surface area contributed by atoms with Crippen LogP contribution in [0.4, 0.5) is 4.39 Å². The zero-order valence-corrected chi connectivity index (χ0v) is 15.2. The summed E-state index contributed by atoms with van der Waals surface area (Å²) in [6, 6.07) is 14.1. The molecule has 2 aromatic carbocycles. The van der Waals surface area contributed by atoms with Crippen LogP contribution in [0, 0.1) is 5.82 Å². The standard InChI is InChI=1S/C22H22FNO3/c1-15(27-21(25)14-13-17-8-3-5-11-19(17)23)22(26)24-20-12-6-9-16-7-2-4-10-18(16)20/h2-5,7-8,10-11,13-15,20H,6,9,12H2,1H3,(H,24,26)/b14-13+/t15-,20+/m0/s1. The largest absolute Gasteiger partial charge is 0.449 e. The Hall–Kier alpha value is -2.95. The second-order valence-corrected chi connectivity index (χ2v) is 6.59. The van der Waals surface area contributed by atoms with E-state index in [-0.39, 0.29) is 17.5 Å². The topological polar surface area (TPSA) is 55.4 Å². The molecule has 27 heavy (non-hydrogen) atoms. The van der Waals surface area contributed by atoms with E-state index in [1.54, 1.807) is 18.2 Å². The van der Waals surface area contributed by atoms with Gasteiger partial charge in [0.25, 0.3) is 5.91 Å². The first kappa shape index (κ1) is 18.8. The highest BCUT2D eigenvalue weighted by molar-refractivity contribution is 5.90. The Morgan fingerprint density at radius 1 is 1.19 bits per heavy atom. The number of esters is 1. The Kier molecular flexibility index (Phi) is 6.01. The lowest BCUT2D eigenvalue weighted by Gasteiger charge is -2.27. The summed E-state index contributed by atoms with van der Waals surface area (Å²) in [5, 5.41) is 2.96. The highest BCUT2D eigenvalue weighted by atomic mass is 19.1. The zero-order chi connectivity index (χ0) is 19.2. The summed E-state index contributed by atoms with van der Waals surface area (Å²) in [6.45, 7) is 1.53. The summed E-state index contributed by atoms with van der Waals surface area (Å²) in [7, 11) is 0. The smallest absolute Gasteiger partial charge is 0.331 e. The number of carbonyl (C=O) groups is 2. The van der Waals surface area contributed by atoms with Gasteiger partial charge in [-0.25, -0.2) is 9.18 Å². The van der Waals surface area contributed by atoms with Crippen molar-refractivity contribution in [2.75, 3.05) is 0 Å². The van der Waals surface area contributed by atoms with Crippen molar-refractivity contribution in [2.24, 2.45) is 0 Å². The van der Waals surface area contributed by atoms with Crippen molar-refractivity contribution in [1.29, 1.82) is 0 Å². The Balaban J connectivity index is 1.57. The van der Waals surface area contributed by atoms with Gasteiger partial charge in [-0.05, 0) is 49.5 Å². The molecule has 0 saturated carbocycles. The fourth-order valence-corrected chi connectivity index (χ4v) is 3.23. The van der Waals surface area contributed by atoms with Crippen LogP contribution in [0.1, 0.15) is 42.5 Å². The molecule has 1 amide bonds. The van der Waals surface area contributed by atoms with Gasteiger partial charge in [0.15, 0.2) is 6.10 Å². The molecular weight excluding hydrogens is 345 g/mol. The maximum Gasteiger partial charge on any atom is 0.331 e. The van der Waals surface area contributed by atoms with E-state index < -0.39 is 17.9 Å². The van der Waals surface area contributed by atoms with E-state index >= 15 is 0 Å². The molecule has 2 aromatic rings. The van der Waals surface area contributed by atoms with E-state index in [1.165, 1.54) is 24.6 Å². The average Bonchev–Trinajstić information content (AvgIpc) is 2.67. The van der Waals surface area contributed by atoms with Crippen molar-refractivity contribution in [3.8, 4) is 0 Å². The van der Waals surface area contributed by atoms with Crippen LogP contribution in [-0.2, 0) is 20.7 Å². The van der Waals surface area contributed by atoms with Gasteiger partial charge in [-0.2, -0.15) is 0 Å². The normalized spacial score (nSPS) is 17.2. The molecule has 1 aliphatic carbocycles. The molecule has 3 rings (SSSR count). The monoisotopic (exact) mass is 367 g/mol. The van der Waals surface area contributed by atoms with Crippen LogP contribution in [-0.4, -0.2) is 18.0 Å². The van der Waals surface area contributed by atoms with Gasteiger partial charge >= 0.3 is 5.97 Å². The van der Waals surface area contributed by atoms with Crippen molar-refractivity contribution >= 4 is 18.0 Å². The van der Waals surface area contributed by atoms with Gasteiger partial charge in [-0.15, -0.1) is 0 Å². The van der Waals surface area contributed by atoms with Crippen molar-refractivity contribution in [3.63, 3.8) is 0 Å². The van der Waals surface area contributed by atoms with Gasteiger partial charge < -0.3 is 10.1 Å². The predicted molar refractivity (Wildman–Crippen MR) is 101 cm³/mol. The van der Waals surface area contributed by atoms with Crippen LogP contribution >= 0.6 is 0 Å². The molecule has 2 atom stereocenters. The number of carbonyl (C=O) groups excluding carboxylic acids is 2. The molecule has 0 spiro atoms. The average molecular weight is 367 g/mol. The van der Waals surface area contributed by atoms with E-state index in [4.69, 9.17) is 4.74 Å². The maximum absolute atomic E-state index is 13.5. The van der Waals surface area contributed by atoms with E-state index in [0.717, 1.165) is 30.9 Å². The highest BCUT2D eigenvalue weighted by Gasteiger charge is 2.24. The Morgan fingerprint density at radius 2 is 1.93 bits per heavy atom. The third-order valence-corrected chi connectivity index (χ3v) is 4.65. The van der Waals surface area contributed by atoms with E-state index in [0.29, 0.717) is 0 Å². The Morgan fingerprint density at radius 3 is 2.74 bits per heavy atom. The summed E-state index contributed by atoms with van der Waals surface area (Å²) in [4.78, 5) is 24.3. The third kappa shape index (κ3) is 4.82. The molecule has 1 N–H and O–H groups in total. The first-order valence-electron chi connectivity index (χ1n) is 9.06. The molecule has 4 nitrogen and oxygen atoms in total. The van der Waals surface area contributed by atoms with Crippen molar-refractivity contribution in [1.82, 2.24) is 5.32 Å². The lowest BCUT2D eigenvalue weighted by Crippen LogP contribution is -2.39. The summed E-state index contributed by atoms with van der Waals surface area (Å²) >= 11 is 0. The Labute approximate surface area is 158 Å². The Bertz CT molecular complexity index is 862. The van der Waals surface area contributed by atoms with Crippen molar-refractivity contribution in [3.05, 3.63) is 77.1 Å². The molecule has 0 aromatic heterocycles.